The van der Waals surface area contributed by atoms with Crippen LogP contribution in [0.3, 0.4) is 0 Å². The number of rotatable bonds is 3. The normalized spacial score (nSPS) is 20.9. The van der Waals surface area contributed by atoms with Crippen LogP contribution in [0.2, 0.25) is 0 Å². The molecule has 26 heavy (non-hydrogen) atoms. The SMILES string of the molecule is C[C@@H](c1ccc2c(c1)OCO2)N1CCN(c2nc3c(s2)CNCC3)CC1. The Morgan fingerprint density at radius 1 is 1.15 bits per heavy atom. The van der Waals surface area contributed by atoms with Gasteiger partial charge in [0, 0.05) is 56.6 Å². The molecule has 3 aliphatic heterocycles. The maximum Gasteiger partial charge on any atom is 0.231 e. The third-order valence-corrected chi connectivity index (χ3v) is 6.76. The zero-order valence-electron chi connectivity index (χ0n) is 15.0. The fourth-order valence-electron chi connectivity index (χ4n) is 3.93. The Labute approximate surface area is 157 Å². The van der Waals surface area contributed by atoms with Gasteiger partial charge in [-0.3, -0.25) is 4.90 Å². The number of benzene rings is 1. The van der Waals surface area contributed by atoms with Gasteiger partial charge in [0.1, 0.15) is 0 Å². The van der Waals surface area contributed by atoms with Crippen molar-refractivity contribution in [2.75, 3.05) is 44.4 Å². The molecule has 138 valence electrons. The van der Waals surface area contributed by atoms with Gasteiger partial charge in [-0.25, -0.2) is 4.98 Å². The van der Waals surface area contributed by atoms with Gasteiger partial charge in [0.2, 0.25) is 6.79 Å². The average molecular weight is 372 g/mol. The topological polar surface area (TPSA) is 49.9 Å². The molecule has 1 aromatic carbocycles. The van der Waals surface area contributed by atoms with Crippen molar-refractivity contribution in [3.05, 3.63) is 34.3 Å². The van der Waals surface area contributed by atoms with Gasteiger partial charge in [-0.1, -0.05) is 6.07 Å². The first-order valence-electron chi connectivity index (χ1n) is 9.36. The van der Waals surface area contributed by atoms with E-state index in [0.717, 1.165) is 57.2 Å². The summed E-state index contributed by atoms with van der Waals surface area (Å²) in [5, 5.41) is 4.64. The first kappa shape index (κ1) is 16.4. The van der Waals surface area contributed by atoms with Crippen molar-refractivity contribution in [2.45, 2.75) is 25.9 Å². The molecule has 1 N–H and O–H groups in total. The van der Waals surface area contributed by atoms with E-state index in [1.54, 1.807) is 0 Å². The number of fused-ring (bicyclic) bond motifs is 2. The van der Waals surface area contributed by atoms with Crippen LogP contribution in [0.4, 0.5) is 5.13 Å². The van der Waals surface area contributed by atoms with Crippen molar-refractivity contribution < 1.29 is 9.47 Å². The molecule has 0 saturated carbocycles. The van der Waals surface area contributed by atoms with E-state index in [2.05, 4.69) is 34.2 Å². The highest BCUT2D eigenvalue weighted by atomic mass is 32.1. The van der Waals surface area contributed by atoms with Gasteiger partial charge in [-0.2, -0.15) is 0 Å². The molecule has 3 aliphatic rings. The number of hydrogen-bond acceptors (Lipinski definition) is 7. The molecule has 0 unspecified atom stereocenters. The maximum atomic E-state index is 5.53. The number of anilines is 1. The second-order valence-electron chi connectivity index (χ2n) is 7.10. The number of hydrogen-bond donors (Lipinski definition) is 1. The van der Waals surface area contributed by atoms with Crippen LogP contribution < -0.4 is 19.7 Å². The number of thiazole rings is 1. The molecule has 2 aromatic rings. The van der Waals surface area contributed by atoms with E-state index >= 15 is 0 Å². The fourth-order valence-corrected chi connectivity index (χ4v) is 5.06. The van der Waals surface area contributed by atoms with Crippen LogP contribution in [0, 0.1) is 0 Å². The molecule has 5 rings (SSSR count). The molecule has 6 nitrogen and oxygen atoms in total. The zero-order chi connectivity index (χ0) is 17.5. The Bertz CT molecular complexity index is 777. The minimum Gasteiger partial charge on any atom is -0.454 e. The predicted octanol–water partition coefficient (Wildman–Crippen LogP) is 2.40. The lowest BCUT2D eigenvalue weighted by Crippen LogP contribution is -2.47. The van der Waals surface area contributed by atoms with Crippen molar-refractivity contribution in [1.29, 1.82) is 0 Å². The molecule has 0 spiro atoms. The molecular formula is C19H24N4O2S. The van der Waals surface area contributed by atoms with Gasteiger partial charge < -0.3 is 19.7 Å². The van der Waals surface area contributed by atoms with Gasteiger partial charge in [0.05, 0.1) is 5.69 Å². The van der Waals surface area contributed by atoms with Crippen LogP contribution in [0.15, 0.2) is 18.2 Å². The van der Waals surface area contributed by atoms with Crippen molar-refractivity contribution in [3.8, 4) is 11.5 Å². The lowest BCUT2D eigenvalue weighted by Gasteiger charge is -2.38. The fraction of sp³-hybridized carbons (Fsp3) is 0.526. The second kappa shape index (κ2) is 6.72. The minimum absolute atomic E-state index is 0.332. The lowest BCUT2D eigenvalue weighted by molar-refractivity contribution is 0.173. The first-order chi connectivity index (χ1) is 12.8. The van der Waals surface area contributed by atoms with Crippen LogP contribution in [0.5, 0.6) is 11.5 Å². The van der Waals surface area contributed by atoms with E-state index in [1.165, 1.54) is 21.3 Å². The Morgan fingerprint density at radius 3 is 2.85 bits per heavy atom. The third-order valence-electron chi connectivity index (χ3n) is 5.60. The Kier molecular flexibility index (Phi) is 4.23. The van der Waals surface area contributed by atoms with Crippen LogP contribution >= 0.6 is 11.3 Å². The summed E-state index contributed by atoms with van der Waals surface area (Å²) in [5.74, 6) is 1.72. The van der Waals surface area contributed by atoms with E-state index < -0.39 is 0 Å². The molecule has 0 bridgehead atoms. The molecule has 4 heterocycles. The summed E-state index contributed by atoms with van der Waals surface area (Å²) in [6, 6.07) is 6.69. The molecular weight excluding hydrogens is 348 g/mol. The van der Waals surface area contributed by atoms with Crippen molar-refractivity contribution >= 4 is 16.5 Å². The average Bonchev–Trinajstić information content (AvgIpc) is 3.33. The molecule has 7 heteroatoms. The van der Waals surface area contributed by atoms with E-state index in [4.69, 9.17) is 14.5 Å². The predicted molar refractivity (Wildman–Crippen MR) is 102 cm³/mol. The lowest BCUT2D eigenvalue weighted by atomic mass is 10.1. The molecule has 0 aliphatic carbocycles. The third kappa shape index (κ3) is 2.94. The smallest absolute Gasteiger partial charge is 0.231 e. The summed E-state index contributed by atoms with van der Waals surface area (Å²) < 4.78 is 11.0. The molecule has 1 aromatic heterocycles. The van der Waals surface area contributed by atoms with Gasteiger partial charge in [0.25, 0.3) is 0 Å². The number of nitrogens with zero attached hydrogens (tertiary/aromatic N) is 3. The molecule has 1 atom stereocenters. The number of ether oxygens (including phenoxy) is 2. The summed E-state index contributed by atoms with van der Waals surface area (Å²) in [6.07, 6.45) is 1.06. The highest BCUT2D eigenvalue weighted by molar-refractivity contribution is 7.15. The van der Waals surface area contributed by atoms with E-state index in [1.807, 2.05) is 17.4 Å². The summed E-state index contributed by atoms with van der Waals surface area (Å²) >= 11 is 1.86. The largest absolute Gasteiger partial charge is 0.454 e. The van der Waals surface area contributed by atoms with Crippen LogP contribution in [0.1, 0.15) is 29.1 Å². The van der Waals surface area contributed by atoms with Crippen molar-refractivity contribution in [2.24, 2.45) is 0 Å². The molecule has 1 fully saturated rings. The van der Waals surface area contributed by atoms with Crippen molar-refractivity contribution in [1.82, 2.24) is 15.2 Å². The van der Waals surface area contributed by atoms with Crippen LogP contribution in [-0.2, 0) is 13.0 Å². The van der Waals surface area contributed by atoms with Gasteiger partial charge in [0.15, 0.2) is 16.6 Å². The van der Waals surface area contributed by atoms with Gasteiger partial charge in [-0.05, 0) is 24.6 Å². The first-order valence-corrected chi connectivity index (χ1v) is 10.2. The Balaban J connectivity index is 1.24. The molecule has 0 amide bonds. The van der Waals surface area contributed by atoms with Gasteiger partial charge >= 0.3 is 0 Å². The quantitative estimate of drug-likeness (QED) is 0.893. The van der Waals surface area contributed by atoms with E-state index in [0.29, 0.717) is 12.8 Å². The number of piperazine rings is 1. The summed E-state index contributed by atoms with van der Waals surface area (Å²) in [6.45, 7) is 8.82. The Hall–Kier alpha value is -1.83. The number of aromatic nitrogens is 1. The zero-order valence-corrected chi connectivity index (χ0v) is 15.8. The highest BCUT2D eigenvalue weighted by Crippen LogP contribution is 2.36. The summed E-state index contributed by atoms with van der Waals surface area (Å²) in [7, 11) is 0. The summed E-state index contributed by atoms with van der Waals surface area (Å²) in [5.41, 5.74) is 2.60. The van der Waals surface area contributed by atoms with Crippen LogP contribution in [0.25, 0.3) is 0 Å². The summed E-state index contributed by atoms with van der Waals surface area (Å²) in [4.78, 5) is 11.3. The maximum absolute atomic E-state index is 5.53. The second-order valence-corrected chi connectivity index (χ2v) is 8.17. The van der Waals surface area contributed by atoms with E-state index in [-0.39, 0.29) is 0 Å². The molecule has 1 saturated heterocycles. The highest BCUT2D eigenvalue weighted by Gasteiger charge is 2.26. The standard InChI is InChI=1S/C19H24N4O2S/c1-13(14-2-3-16-17(10-14)25-12-24-16)22-6-8-23(9-7-22)19-21-15-4-5-20-11-18(15)26-19/h2-3,10,13,20H,4-9,11-12H2,1H3/t13-/m0/s1. The monoisotopic (exact) mass is 372 g/mol. The van der Waals surface area contributed by atoms with Crippen LogP contribution in [-0.4, -0.2) is 49.4 Å². The van der Waals surface area contributed by atoms with Crippen molar-refractivity contribution in [3.63, 3.8) is 0 Å². The number of nitrogens with one attached hydrogen (secondary N) is 1. The molecule has 0 radical (unpaired) electrons. The van der Waals surface area contributed by atoms with E-state index in [9.17, 15) is 0 Å². The minimum atomic E-state index is 0.332. The van der Waals surface area contributed by atoms with Gasteiger partial charge in [-0.15, -0.1) is 11.3 Å². The Morgan fingerprint density at radius 2 is 2.00 bits per heavy atom.